The van der Waals surface area contributed by atoms with Gasteiger partial charge in [-0.05, 0) is 31.4 Å². The first-order valence-corrected chi connectivity index (χ1v) is 9.70. The van der Waals surface area contributed by atoms with Gasteiger partial charge in [-0.2, -0.15) is 0 Å². The largest absolute Gasteiger partial charge is 0.493 e. The molecule has 1 aromatic rings. The van der Waals surface area contributed by atoms with Crippen molar-refractivity contribution >= 4 is 0 Å². The lowest BCUT2D eigenvalue weighted by Crippen LogP contribution is -2.04. The van der Waals surface area contributed by atoms with Crippen LogP contribution in [0.15, 0.2) is 18.2 Å². The third-order valence-corrected chi connectivity index (χ3v) is 4.10. The van der Waals surface area contributed by atoms with Crippen molar-refractivity contribution in [2.75, 3.05) is 13.2 Å². The average Bonchev–Trinajstić information content (AvgIpc) is 2.56. The molecule has 0 bridgehead atoms. The molecule has 1 aromatic carbocycles. The number of rotatable bonds is 14. The van der Waals surface area contributed by atoms with E-state index in [1.54, 1.807) is 0 Å². The van der Waals surface area contributed by atoms with Gasteiger partial charge < -0.3 is 9.47 Å². The van der Waals surface area contributed by atoms with Crippen LogP contribution < -0.4 is 9.47 Å². The number of hydrogen-bond acceptors (Lipinski definition) is 2. The van der Waals surface area contributed by atoms with Crippen LogP contribution in [0.3, 0.4) is 0 Å². The fraction of sp³-hybridized carbons (Fsp3) is 0.714. The quantitative estimate of drug-likeness (QED) is 0.361. The third-order valence-electron chi connectivity index (χ3n) is 4.10. The second kappa shape index (κ2) is 13.3. The molecule has 0 aliphatic carbocycles. The van der Waals surface area contributed by atoms with E-state index in [2.05, 4.69) is 39.0 Å². The maximum atomic E-state index is 6.04. The second-order valence-electron chi connectivity index (χ2n) is 6.30. The van der Waals surface area contributed by atoms with E-state index in [0.717, 1.165) is 50.4 Å². The molecule has 0 saturated carbocycles. The minimum Gasteiger partial charge on any atom is -0.493 e. The van der Waals surface area contributed by atoms with Gasteiger partial charge >= 0.3 is 0 Å². The molecule has 0 spiro atoms. The lowest BCUT2D eigenvalue weighted by Gasteiger charge is -2.16. The summed E-state index contributed by atoms with van der Waals surface area (Å²) in [6, 6.07) is 6.24. The summed E-state index contributed by atoms with van der Waals surface area (Å²) < 4.78 is 12.1. The molecular formula is C21H36O2. The minimum absolute atomic E-state index is 0.816. The van der Waals surface area contributed by atoms with Crippen molar-refractivity contribution < 1.29 is 9.47 Å². The Bertz CT molecular complexity index is 369. The molecule has 0 unspecified atom stereocenters. The molecule has 0 aromatic heterocycles. The van der Waals surface area contributed by atoms with E-state index in [0.29, 0.717) is 0 Å². The summed E-state index contributed by atoms with van der Waals surface area (Å²) in [4.78, 5) is 0. The molecule has 0 aliphatic heterocycles. The van der Waals surface area contributed by atoms with Crippen LogP contribution in [0.2, 0.25) is 0 Å². The molecule has 2 heteroatoms. The highest BCUT2D eigenvalue weighted by Gasteiger charge is 2.10. The smallest absolute Gasteiger partial charge is 0.126 e. The van der Waals surface area contributed by atoms with Crippen LogP contribution >= 0.6 is 0 Å². The van der Waals surface area contributed by atoms with E-state index in [4.69, 9.17) is 9.47 Å². The van der Waals surface area contributed by atoms with Crippen molar-refractivity contribution in [3.8, 4) is 11.5 Å². The normalized spacial score (nSPS) is 10.7. The predicted molar refractivity (Wildman–Crippen MR) is 99.7 cm³/mol. The highest BCUT2D eigenvalue weighted by molar-refractivity contribution is 5.45. The van der Waals surface area contributed by atoms with Crippen LogP contribution in [0.25, 0.3) is 0 Å². The molecular weight excluding hydrogens is 284 g/mol. The summed E-state index contributed by atoms with van der Waals surface area (Å²) in [6.45, 7) is 8.32. The van der Waals surface area contributed by atoms with Crippen molar-refractivity contribution in [3.63, 3.8) is 0 Å². The standard InChI is InChI=1S/C21H36O2/c1-4-7-9-11-17-22-20-15-13-16-21(19(20)14-6-3)23-18-12-10-8-5-2/h13,15-16H,4-12,14,17-18H2,1-3H3. The highest BCUT2D eigenvalue weighted by atomic mass is 16.5. The zero-order valence-corrected chi connectivity index (χ0v) is 15.5. The summed E-state index contributed by atoms with van der Waals surface area (Å²) in [6.07, 6.45) is 12.1. The Hall–Kier alpha value is -1.18. The van der Waals surface area contributed by atoms with Gasteiger partial charge in [0.25, 0.3) is 0 Å². The first kappa shape index (κ1) is 19.9. The number of unbranched alkanes of at least 4 members (excludes halogenated alkanes) is 6. The molecule has 0 N–H and O–H groups in total. The first-order valence-electron chi connectivity index (χ1n) is 9.70. The van der Waals surface area contributed by atoms with Gasteiger partial charge in [-0.25, -0.2) is 0 Å². The van der Waals surface area contributed by atoms with E-state index in [9.17, 15) is 0 Å². The molecule has 0 aliphatic rings. The van der Waals surface area contributed by atoms with E-state index >= 15 is 0 Å². The minimum atomic E-state index is 0.816. The van der Waals surface area contributed by atoms with Crippen LogP contribution in [-0.2, 0) is 6.42 Å². The molecule has 0 fully saturated rings. The molecule has 1 rings (SSSR count). The van der Waals surface area contributed by atoms with E-state index in [-0.39, 0.29) is 0 Å². The number of ether oxygens (including phenoxy) is 2. The van der Waals surface area contributed by atoms with Gasteiger partial charge in [0.05, 0.1) is 13.2 Å². The second-order valence-corrected chi connectivity index (χ2v) is 6.30. The third kappa shape index (κ3) is 8.29. The maximum Gasteiger partial charge on any atom is 0.126 e. The fourth-order valence-electron chi connectivity index (χ4n) is 2.73. The first-order chi connectivity index (χ1) is 11.3. The average molecular weight is 321 g/mol. The van der Waals surface area contributed by atoms with Crippen molar-refractivity contribution in [2.45, 2.75) is 85.0 Å². The van der Waals surface area contributed by atoms with Gasteiger partial charge in [-0.15, -0.1) is 0 Å². The molecule has 0 amide bonds. The number of benzene rings is 1. The van der Waals surface area contributed by atoms with E-state index in [1.165, 1.54) is 44.1 Å². The summed E-state index contributed by atoms with van der Waals surface area (Å²) in [5, 5.41) is 0. The SMILES string of the molecule is CCCCCCOc1cccc(OCCCCCC)c1CCC. The van der Waals surface area contributed by atoms with Crippen LogP contribution in [0.1, 0.15) is 84.1 Å². The van der Waals surface area contributed by atoms with E-state index in [1.807, 2.05) is 0 Å². The van der Waals surface area contributed by atoms with Gasteiger partial charge in [0.1, 0.15) is 11.5 Å². The Morgan fingerprint density at radius 2 is 1.17 bits per heavy atom. The molecule has 23 heavy (non-hydrogen) atoms. The Kier molecular flexibility index (Phi) is 11.5. The Morgan fingerprint density at radius 1 is 0.652 bits per heavy atom. The van der Waals surface area contributed by atoms with Crippen LogP contribution in [0, 0.1) is 0 Å². The zero-order chi connectivity index (χ0) is 16.8. The Balaban J connectivity index is 2.54. The summed E-state index contributed by atoms with van der Waals surface area (Å²) in [5.74, 6) is 2.05. The number of hydrogen-bond donors (Lipinski definition) is 0. The van der Waals surface area contributed by atoms with Crippen molar-refractivity contribution in [2.24, 2.45) is 0 Å². The zero-order valence-electron chi connectivity index (χ0n) is 15.5. The Morgan fingerprint density at radius 3 is 1.61 bits per heavy atom. The van der Waals surface area contributed by atoms with Crippen LogP contribution in [-0.4, -0.2) is 13.2 Å². The van der Waals surface area contributed by atoms with Crippen LogP contribution in [0.4, 0.5) is 0 Å². The molecule has 0 saturated heterocycles. The van der Waals surface area contributed by atoms with Crippen molar-refractivity contribution in [1.82, 2.24) is 0 Å². The van der Waals surface area contributed by atoms with Gasteiger partial charge in [0.2, 0.25) is 0 Å². The lowest BCUT2D eigenvalue weighted by atomic mass is 10.1. The summed E-state index contributed by atoms with van der Waals surface area (Å²) >= 11 is 0. The summed E-state index contributed by atoms with van der Waals surface area (Å²) in [7, 11) is 0. The van der Waals surface area contributed by atoms with Crippen molar-refractivity contribution in [1.29, 1.82) is 0 Å². The van der Waals surface area contributed by atoms with Gasteiger partial charge in [0.15, 0.2) is 0 Å². The predicted octanol–water partition coefficient (Wildman–Crippen LogP) is 6.56. The van der Waals surface area contributed by atoms with Gasteiger partial charge in [-0.1, -0.05) is 71.8 Å². The fourth-order valence-corrected chi connectivity index (χ4v) is 2.73. The maximum absolute atomic E-state index is 6.04. The molecule has 0 radical (unpaired) electrons. The molecule has 0 heterocycles. The van der Waals surface area contributed by atoms with Crippen LogP contribution in [0.5, 0.6) is 11.5 Å². The van der Waals surface area contributed by atoms with Crippen molar-refractivity contribution in [3.05, 3.63) is 23.8 Å². The van der Waals surface area contributed by atoms with Gasteiger partial charge in [-0.3, -0.25) is 0 Å². The molecule has 132 valence electrons. The molecule has 0 atom stereocenters. The monoisotopic (exact) mass is 320 g/mol. The Labute approximate surface area is 143 Å². The molecule has 2 nitrogen and oxygen atoms in total. The lowest BCUT2D eigenvalue weighted by molar-refractivity contribution is 0.284. The van der Waals surface area contributed by atoms with Gasteiger partial charge in [0, 0.05) is 5.56 Å². The highest BCUT2D eigenvalue weighted by Crippen LogP contribution is 2.30. The van der Waals surface area contributed by atoms with E-state index < -0.39 is 0 Å². The summed E-state index contributed by atoms with van der Waals surface area (Å²) in [5.41, 5.74) is 1.25. The topological polar surface area (TPSA) is 18.5 Å².